The summed E-state index contributed by atoms with van der Waals surface area (Å²) in [5, 5.41) is 0. The van der Waals surface area contributed by atoms with Gasteiger partial charge in [0.1, 0.15) is 0 Å². The van der Waals surface area contributed by atoms with Crippen LogP contribution < -0.4 is 5.73 Å². The van der Waals surface area contributed by atoms with Gasteiger partial charge < -0.3 is 10.3 Å². The molecule has 1 aromatic rings. The fraction of sp³-hybridized carbons (Fsp3) is 0.786. The van der Waals surface area contributed by atoms with Gasteiger partial charge >= 0.3 is 0 Å². The van der Waals surface area contributed by atoms with Crippen LogP contribution in [0.15, 0.2) is 12.5 Å². The Bertz CT molecular complexity index is 335. The molecular weight excluding hydrogens is 210 g/mol. The zero-order valence-corrected chi connectivity index (χ0v) is 11.1. The predicted octanol–water partition coefficient (Wildman–Crippen LogP) is 3.43. The number of nitrogens with two attached hydrogens (primary N) is 1. The molecule has 0 spiro atoms. The monoisotopic (exact) mass is 235 g/mol. The van der Waals surface area contributed by atoms with E-state index in [2.05, 4.69) is 16.5 Å². The first-order chi connectivity index (χ1) is 8.22. The van der Waals surface area contributed by atoms with Crippen molar-refractivity contribution >= 4 is 0 Å². The van der Waals surface area contributed by atoms with Crippen molar-refractivity contribution in [3.63, 3.8) is 0 Å². The lowest BCUT2D eigenvalue weighted by atomic mass is 9.83. The first-order valence-corrected chi connectivity index (χ1v) is 6.99. The molecule has 2 rings (SSSR count). The maximum Gasteiger partial charge on any atom is 0.0951 e. The van der Waals surface area contributed by atoms with Crippen molar-refractivity contribution in [2.45, 2.75) is 64.5 Å². The van der Waals surface area contributed by atoms with Crippen LogP contribution in [0.3, 0.4) is 0 Å². The summed E-state index contributed by atoms with van der Waals surface area (Å²) in [4.78, 5) is 4.26. The first kappa shape index (κ1) is 12.6. The van der Waals surface area contributed by atoms with Crippen LogP contribution in [0.4, 0.5) is 0 Å². The molecule has 0 saturated heterocycles. The number of imidazole rings is 1. The van der Waals surface area contributed by atoms with Crippen molar-refractivity contribution in [2.75, 3.05) is 0 Å². The van der Waals surface area contributed by atoms with Gasteiger partial charge in [-0.15, -0.1) is 0 Å². The number of rotatable bonds is 4. The summed E-state index contributed by atoms with van der Waals surface area (Å²) in [6, 6.07) is 0.720. The third-order valence-electron chi connectivity index (χ3n) is 4.07. The molecule has 3 nitrogen and oxygen atoms in total. The van der Waals surface area contributed by atoms with Gasteiger partial charge in [-0.25, -0.2) is 4.98 Å². The average Bonchev–Trinajstić information content (AvgIpc) is 2.79. The van der Waals surface area contributed by atoms with Gasteiger partial charge in [-0.2, -0.15) is 0 Å². The van der Waals surface area contributed by atoms with Crippen LogP contribution in [-0.2, 0) is 0 Å². The second-order valence-electron chi connectivity index (χ2n) is 5.48. The minimum absolute atomic E-state index is 0.0888. The average molecular weight is 235 g/mol. The third kappa shape index (κ3) is 2.89. The minimum atomic E-state index is 0.0888. The molecule has 1 atom stereocenters. The van der Waals surface area contributed by atoms with Gasteiger partial charge in [0.05, 0.1) is 12.0 Å². The van der Waals surface area contributed by atoms with Gasteiger partial charge in [-0.05, 0) is 38.5 Å². The molecule has 2 N–H and O–H groups in total. The molecule has 1 aliphatic rings. The van der Waals surface area contributed by atoms with Crippen molar-refractivity contribution in [2.24, 2.45) is 11.7 Å². The highest BCUT2D eigenvalue weighted by molar-refractivity contribution is 5.05. The topological polar surface area (TPSA) is 43.8 Å². The summed E-state index contributed by atoms with van der Waals surface area (Å²) in [5.41, 5.74) is 7.16. The van der Waals surface area contributed by atoms with E-state index in [0.29, 0.717) is 6.04 Å². The first-order valence-electron chi connectivity index (χ1n) is 6.99. The van der Waals surface area contributed by atoms with Gasteiger partial charge in [0.15, 0.2) is 0 Å². The van der Waals surface area contributed by atoms with Crippen LogP contribution in [-0.4, -0.2) is 9.55 Å². The van der Waals surface area contributed by atoms with E-state index in [1.54, 1.807) is 0 Å². The van der Waals surface area contributed by atoms with Crippen LogP contribution in [0.5, 0.6) is 0 Å². The molecule has 17 heavy (non-hydrogen) atoms. The van der Waals surface area contributed by atoms with E-state index in [9.17, 15) is 0 Å². The molecule has 3 heteroatoms. The van der Waals surface area contributed by atoms with Crippen molar-refractivity contribution in [1.82, 2.24) is 9.55 Å². The SMILES string of the molecule is CCCC1CCC(n2cncc2[C@@H](C)N)CC1. The van der Waals surface area contributed by atoms with Crippen LogP contribution >= 0.6 is 0 Å². The highest BCUT2D eigenvalue weighted by Gasteiger charge is 2.23. The second-order valence-corrected chi connectivity index (χ2v) is 5.48. The Balaban J connectivity index is 1.98. The van der Waals surface area contributed by atoms with E-state index < -0.39 is 0 Å². The van der Waals surface area contributed by atoms with Crippen molar-refractivity contribution in [1.29, 1.82) is 0 Å². The van der Waals surface area contributed by atoms with Gasteiger partial charge in [0, 0.05) is 18.3 Å². The molecule has 0 amide bonds. The van der Waals surface area contributed by atoms with Crippen LogP contribution in [0.1, 0.15) is 70.2 Å². The molecule has 1 aromatic heterocycles. The van der Waals surface area contributed by atoms with Crippen LogP contribution in [0, 0.1) is 5.92 Å². The zero-order chi connectivity index (χ0) is 12.3. The standard InChI is InChI=1S/C14H25N3/c1-3-4-12-5-7-13(8-6-12)17-10-16-9-14(17)11(2)15/h9-13H,3-8,15H2,1-2H3/t11-,12?,13?/m1/s1. The molecule has 96 valence electrons. The Kier molecular flexibility index (Phi) is 4.21. The zero-order valence-electron chi connectivity index (χ0n) is 11.1. The van der Waals surface area contributed by atoms with Crippen molar-refractivity contribution < 1.29 is 0 Å². The summed E-state index contributed by atoms with van der Waals surface area (Å²) < 4.78 is 2.31. The Morgan fingerprint density at radius 1 is 1.41 bits per heavy atom. The van der Waals surface area contributed by atoms with Gasteiger partial charge in [-0.3, -0.25) is 0 Å². The molecule has 0 bridgehead atoms. The normalized spacial score (nSPS) is 27.0. The van der Waals surface area contributed by atoms with Crippen LogP contribution in [0.2, 0.25) is 0 Å². The molecule has 0 aliphatic heterocycles. The summed E-state index contributed by atoms with van der Waals surface area (Å²) in [6.45, 7) is 4.33. The largest absolute Gasteiger partial charge is 0.330 e. The highest BCUT2D eigenvalue weighted by atomic mass is 15.1. The van der Waals surface area contributed by atoms with E-state index in [4.69, 9.17) is 5.73 Å². The summed E-state index contributed by atoms with van der Waals surface area (Å²) in [6.07, 6.45) is 11.9. The molecule has 0 aromatic carbocycles. The maximum absolute atomic E-state index is 5.98. The minimum Gasteiger partial charge on any atom is -0.330 e. The predicted molar refractivity (Wildman–Crippen MR) is 70.7 cm³/mol. The Morgan fingerprint density at radius 2 is 2.12 bits per heavy atom. The maximum atomic E-state index is 5.98. The van der Waals surface area contributed by atoms with Gasteiger partial charge in [-0.1, -0.05) is 19.8 Å². The smallest absolute Gasteiger partial charge is 0.0951 e. The van der Waals surface area contributed by atoms with E-state index in [-0.39, 0.29) is 6.04 Å². The van der Waals surface area contributed by atoms with E-state index in [1.165, 1.54) is 44.2 Å². The van der Waals surface area contributed by atoms with Crippen molar-refractivity contribution in [3.05, 3.63) is 18.2 Å². The Morgan fingerprint density at radius 3 is 2.71 bits per heavy atom. The molecule has 1 aliphatic carbocycles. The summed E-state index contributed by atoms with van der Waals surface area (Å²) in [5.74, 6) is 0.957. The number of hydrogen-bond acceptors (Lipinski definition) is 2. The molecule has 0 radical (unpaired) electrons. The molecular formula is C14H25N3. The third-order valence-corrected chi connectivity index (χ3v) is 4.07. The molecule has 1 fully saturated rings. The molecule has 1 heterocycles. The summed E-state index contributed by atoms with van der Waals surface area (Å²) in [7, 11) is 0. The number of aromatic nitrogens is 2. The fourth-order valence-corrected chi connectivity index (χ4v) is 3.09. The summed E-state index contributed by atoms with van der Waals surface area (Å²) >= 11 is 0. The Labute approximate surface area is 104 Å². The van der Waals surface area contributed by atoms with E-state index >= 15 is 0 Å². The van der Waals surface area contributed by atoms with E-state index in [0.717, 1.165) is 5.92 Å². The lowest BCUT2D eigenvalue weighted by molar-refractivity contribution is 0.258. The molecule has 1 saturated carbocycles. The van der Waals surface area contributed by atoms with Gasteiger partial charge in [0.25, 0.3) is 0 Å². The Hall–Kier alpha value is -0.830. The quantitative estimate of drug-likeness (QED) is 0.868. The lowest BCUT2D eigenvalue weighted by Gasteiger charge is -2.30. The van der Waals surface area contributed by atoms with Crippen molar-refractivity contribution in [3.8, 4) is 0 Å². The van der Waals surface area contributed by atoms with Crippen LogP contribution in [0.25, 0.3) is 0 Å². The van der Waals surface area contributed by atoms with E-state index in [1.807, 2.05) is 19.4 Å². The highest BCUT2D eigenvalue weighted by Crippen LogP contribution is 2.35. The van der Waals surface area contributed by atoms with Gasteiger partial charge in [0.2, 0.25) is 0 Å². The molecule has 0 unspecified atom stereocenters. The lowest BCUT2D eigenvalue weighted by Crippen LogP contribution is -2.21. The number of hydrogen-bond donors (Lipinski definition) is 1. The number of nitrogens with zero attached hydrogens (tertiary/aromatic N) is 2. The second kappa shape index (κ2) is 5.67. The fourth-order valence-electron chi connectivity index (χ4n) is 3.09.